The van der Waals surface area contributed by atoms with Crippen LogP contribution in [0.3, 0.4) is 0 Å². The molecule has 0 radical (unpaired) electrons. The lowest BCUT2D eigenvalue weighted by atomic mass is 9.80. The van der Waals surface area contributed by atoms with E-state index in [0.29, 0.717) is 49.6 Å². The van der Waals surface area contributed by atoms with Gasteiger partial charge in [-0.05, 0) is 122 Å². The molecule has 2 aromatic rings. The molecule has 7 atom stereocenters. The molecule has 1 aliphatic carbocycles. The number of phenolic OH excluding ortho intramolecular Hbond substituents is 1. The number of aliphatic carboxylic acids is 1. The molecule has 1 spiro atoms. The van der Waals surface area contributed by atoms with Crippen LogP contribution in [0.4, 0.5) is 4.79 Å². The van der Waals surface area contributed by atoms with Gasteiger partial charge in [0.05, 0.1) is 17.8 Å². The Morgan fingerprint density at radius 3 is 2.36 bits per heavy atom. The Bertz CT molecular complexity index is 2050. The number of carboxylic acids is 1. The minimum Gasteiger partial charge on any atom is -0.507 e. The molecule has 20 heteroatoms. The van der Waals surface area contributed by atoms with E-state index >= 15 is 0 Å². The summed E-state index contributed by atoms with van der Waals surface area (Å²) >= 11 is 0. The number of piperidine rings is 1. The van der Waals surface area contributed by atoms with Crippen molar-refractivity contribution in [1.29, 1.82) is 0 Å². The highest BCUT2D eigenvalue weighted by atomic mass is 16.6. The van der Waals surface area contributed by atoms with Crippen LogP contribution < -0.4 is 16.4 Å². The van der Waals surface area contributed by atoms with Gasteiger partial charge in [0, 0.05) is 69.2 Å². The van der Waals surface area contributed by atoms with Crippen LogP contribution >= 0.6 is 0 Å². The molecule has 1 saturated carbocycles. The number of aliphatic hydroxyl groups excluding tert-OH is 2. The van der Waals surface area contributed by atoms with Crippen LogP contribution in [0.15, 0.2) is 18.3 Å². The second-order valence-corrected chi connectivity index (χ2v) is 19.9. The molecule has 1 aromatic carbocycles. The summed E-state index contributed by atoms with van der Waals surface area (Å²) in [5.74, 6) is -2.80. The van der Waals surface area contributed by atoms with Crippen molar-refractivity contribution in [3.63, 3.8) is 0 Å². The third-order valence-corrected chi connectivity index (χ3v) is 13.9. The molecule has 8 N–H and O–H groups in total. The van der Waals surface area contributed by atoms with Crippen LogP contribution in [-0.2, 0) is 35.1 Å². The summed E-state index contributed by atoms with van der Waals surface area (Å²) in [5, 5.41) is 58.7. The number of aliphatic hydroxyl groups is 2. The van der Waals surface area contributed by atoms with Crippen molar-refractivity contribution >= 4 is 29.8 Å². The van der Waals surface area contributed by atoms with Crippen molar-refractivity contribution in [2.75, 3.05) is 39.3 Å². The van der Waals surface area contributed by atoms with Gasteiger partial charge >= 0.3 is 18.0 Å². The molecule has 4 heterocycles. The number of phenols is 1. The minimum atomic E-state index is -2.11. The van der Waals surface area contributed by atoms with Crippen molar-refractivity contribution in [2.45, 2.75) is 165 Å². The fourth-order valence-electron chi connectivity index (χ4n) is 10.2. The molecular formula is C46H70N8O12. The first-order chi connectivity index (χ1) is 31.1. The second-order valence-electron chi connectivity index (χ2n) is 19.9. The van der Waals surface area contributed by atoms with E-state index in [1.807, 2.05) is 0 Å². The number of aromatic nitrogens is 3. The SMILES string of the molecule is CC(=O)O[C@H]1C[C@](CCN2CCCC[C@@]23CCN(C(=O)OC(C)(C)C)C3)(C(=O)O)O[C@@H]([C@H](O)[C@H](O)CNC(=O)c2cc(C)c(O)c(C)c2)[C@@H]1NC(=O)Cn1cc(C2CCC(CN)CC2)nn1. The van der Waals surface area contributed by atoms with E-state index in [-0.39, 0.29) is 36.7 Å². The van der Waals surface area contributed by atoms with Crippen LogP contribution in [0.5, 0.6) is 5.75 Å². The smallest absolute Gasteiger partial charge is 0.410 e. The third-order valence-electron chi connectivity index (χ3n) is 13.9. The van der Waals surface area contributed by atoms with E-state index in [4.69, 9.17) is 19.9 Å². The molecule has 0 bridgehead atoms. The van der Waals surface area contributed by atoms with Crippen LogP contribution in [-0.4, -0.2) is 162 Å². The first kappa shape index (κ1) is 50.5. The molecule has 0 unspecified atom stereocenters. The lowest BCUT2D eigenvalue weighted by Crippen LogP contribution is -2.69. The number of carboxylic acid groups (broad SMARTS) is 1. The second kappa shape index (κ2) is 21.0. The van der Waals surface area contributed by atoms with Crippen molar-refractivity contribution in [2.24, 2.45) is 11.7 Å². The Balaban J connectivity index is 1.25. The molecule has 366 valence electrons. The van der Waals surface area contributed by atoms with E-state index < -0.39 is 90.0 Å². The quantitative estimate of drug-likeness (QED) is 0.126. The maximum Gasteiger partial charge on any atom is 0.410 e. The Morgan fingerprint density at radius 1 is 1.03 bits per heavy atom. The predicted molar refractivity (Wildman–Crippen MR) is 238 cm³/mol. The lowest BCUT2D eigenvalue weighted by Gasteiger charge is -2.50. The summed E-state index contributed by atoms with van der Waals surface area (Å²) in [6.45, 7) is 11.2. The van der Waals surface area contributed by atoms with Gasteiger partial charge in [0.25, 0.3) is 5.91 Å². The monoisotopic (exact) mass is 927 g/mol. The summed E-state index contributed by atoms with van der Waals surface area (Å²) in [7, 11) is 0. The number of esters is 1. The van der Waals surface area contributed by atoms with Crippen LogP contribution in [0.2, 0.25) is 0 Å². The Hall–Kier alpha value is -4.89. The summed E-state index contributed by atoms with van der Waals surface area (Å²) in [6.07, 6.45) is 0.777. The molecule has 20 nitrogen and oxygen atoms in total. The van der Waals surface area contributed by atoms with Crippen molar-refractivity contribution < 1.29 is 58.6 Å². The number of aryl methyl sites for hydroxylation is 2. The van der Waals surface area contributed by atoms with Gasteiger partial charge in [0.15, 0.2) is 5.60 Å². The van der Waals surface area contributed by atoms with E-state index in [2.05, 4.69) is 25.8 Å². The third kappa shape index (κ3) is 12.0. The number of ether oxygens (including phenoxy) is 3. The fraction of sp³-hybridized carbons (Fsp3) is 0.717. The highest BCUT2D eigenvalue weighted by Crippen LogP contribution is 2.41. The minimum absolute atomic E-state index is 0.0322. The molecule has 6 rings (SSSR count). The van der Waals surface area contributed by atoms with Gasteiger partial charge in [-0.15, -0.1) is 5.10 Å². The zero-order valence-electron chi connectivity index (χ0n) is 39.2. The Kier molecular flexibility index (Phi) is 16.0. The molecule has 3 saturated heterocycles. The van der Waals surface area contributed by atoms with Gasteiger partial charge in [-0.2, -0.15) is 0 Å². The number of benzene rings is 1. The maximum absolute atomic E-state index is 13.9. The van der Waals surface area contributed by atoms with E-state index in [1.165, 1.54) is 16.8 Å². The summed E-state index contributed by atoms with van der Waals surface area (Å²) in [4.78, 5) is 70.5. The molecule has 66 heavy (non-hydrogen) atoms. The van der Waals surface area contributed by atoms with Gasteiger partial charge in [-0.3, -0.25) is 19.3 Å². The number of nitrogens with two attached hydrogens (primary N) is 1. The Morgan fingerprint density at radius 2 is 1.73 bits per heavy atom. The van der Waals surface area contributed by atoms with Crippen molar-refractivity contribution in [1.82, 2.24) is 35.4 Å². The van der Waals surface area contributed by atoms with Crippen molar-refractivity contribution in [3.8, 4) is 5.75 Å². The Labute approximate surface area is 385 Å². The normalized spacial score (nSPS) is 28.1. The number of carbonyl (C=O) groups excluding carboxylic acids is 4. The maximum atomic E-state index is 13.9. The number of hydrogen-bond acceptors (Lipinski definition) is 15. The number of nitrogens with zero attached hydrogens (tertiary/aromatic N) is 5. The molecular weight excluding hydrogens is 857 g/mol. The van der Waals surface area contributed by atoms with Gasteiger partial charge in [0.2, 0.25) is 5.91 Å². The van der Waals surface area contributed by atoms with Crippen molar-refractivity contribution in [3.05, 3.63) is 40.7 Å². The first-order valence-corrected chi connectivity index (χ1v) is 23.3. The number of carbonyl (C=O) groups is 5. The fourth-order valence-corrected chi connectivity index (χ4v) is 10.2. The molecule has 4 fully saturated rings. The summed E-state index contributed by atoms with van der Waals surface area (Å²) in [5.41, 5.74) is 4.47. The molecule has 3 aliphatic heterocycles. The number of hydrogen-bond donors (Lipinski definition) is 7. The highest BCUT2D eigenvalue weighted by molar-refractivity contribution is 5.95. The predicted octanol–water partition coefficient (Wildman–Crippen LogP) is 2.27. The van der Waals surface area contributed by atoms with Crippen LogP contribution in [0.25, 0.3) is 0 Å². The van der Waals surface area contributed by atoms with E-state index in [0.717, 1.165) is 57.6 Å². The van der Waals surface area contributed by atoms with Crippen LogP contribution in [0, 0.1) is 19.8 Å². The van der Waals surface area contributed by atoms with Gasteiger partial charge in [0.1, 0.15) is 36.2 Å². The number of likely N-dealkylation sites (tertiary alicyclic amines) is 2. The lowest BCUT2D eigenvalue weighted by molar-refractivity contribution is -0.234. The van der Waals surface area contributed by atoms with Crippen LogP contribution in [0.1, 0.15) is 125 Å². The summed E-state index contributed by atoms with van der Waals surface area (Å²) in [6, 6.07) is 1.56. The summed E-state index contributed by atoms with van der Waals surface area (Å²) < 4.78 is 19.3. The number of amides is 3. The average molecular weight is 927 g/mol. The largest absolute Gasteiger partial charge is 0.507 e. The number of nitrogens with one attached hydrogen (secondary N) is 2. The molecule has 1 aromatic heterocycles. The van der Waals surface area contributed by atoms with Gasteiger partial charge < -0.3 is 55.9 Å². The van der Waals surface area contributed by atoms with Gasteiger partial charge in [-0.1, -0.05) is 11.6 Å². The van der Waals surface area contributed by atoms with Gasteiger partial charge in [-0.25, -0.2) is 14.3 Å². The molecule has 3 amide bonds. The van der Waals surface area contributed by atoms with E-state index in [9.17, 15) is 44.4 Å². The average Bonchev–Trinajstić information content (AvgIpc) is 3.91. The number of rotatable bonds is 15. The highest BCUT2D eigenvalue weighted by Gasteiger charge is 2.57. The molecule has 4 aliphatic rings. The van der Waals surface area contributed by atoms with E-state index in [1.54, 1.807) is 45.7 Å². The standard InChI is InChI=1S/C46H70N8O12/c1-27-19-32(20-28(2)38(27)58)41(60)48-23-34(56)39(59)40-37(49-36(57)25-54-24-33(50-51-54)31-11-9-30(22-47)10-12-31)35(64-29(3)55)21-46(65-40,42(61)62)15-18-53-16-8-7-13-45(53)14-17-52(26-45)43(63)66-44(4,5)6/h19-20,24,30-31,34-35,37,39-40,56,58-59H,7-18,21-23,25-26,47H2,1-6H3,(H,48,60)(H,49,57)(H,61,62)/t30?,31?,34-,35+,37-,39-,40-,45+,46-/m1/s1. The zero-order chi connectivity index (χ0) is 48.1. The number of aromatic hydroxyl groups is 1. The topological polar surface area (TPSA) is 281 Å². The first-order valence-electron chi connectivity index (χ1n) is 23.3. The zero-order valence-corrected chi connectivity index (χ0v) is 39.2.